The van der Waals surface area contributed by atoms with Crippen molar-refractivity contribution < 1.29 is 17.9 Å². The highest BCUT2D eigenvalue weighted by Gasteiger charge is 2.30. The van der Waals surface area contributed by atoms with Crippen LogP contribution in [0.5, 0.6) is 0 Å². The molecule has 0 bridgehead atoms. The monoisotopic (exact) mass is 452 g/mol. The molecule has 162 valence electrons. The lowest BCUT2D eigenvalue weighted by atomic mass is 10.2. The number of tetrazole rings is 1. The van der Waals surface area contributed by atoms with E-state index in [1.165, 1.54) is 22.1 Å². The smallest absolute Gasteiger partial charge is 0.243 e. The van der Waals surface area contributed by atoms with E-state index in [1.807, 2.05) is 0 Å². The Hall–Kier alpha value is -2.02. The standard InChI is InChI=1S/C18H24N6O4S2/c1-12-3-4-14(11-16(12)30(26,27)23-7-9-28-10-8-23)19-17(25)13(2)29-18-20-21-22-24(18)15-5-6-15/h3-4,11,13,15H,5-10H2,1-2H3,(H,19,25)/t13-/m0/s1. The van der Waals surface area contributed by atoms with E-state index < -0.39 is 15.3 Å². The van der Waals surface area contributed by atoms with E-state index in [0.29, 0.717) is 48.8 Å². The number of amides is 1. The topological polar surface area (TPSA) is 119 Å². The zero-order valence-electron chi connectivity index (χ0n) is 16.8. The van der Waals surface area contributed by atoms with Crippen LogP contribution < -0.4 is 5.32 Å². The molecule has 1 saturated heterocycles. The van der Waals surface area contributed by atoms with Crippen LogP contribution in [0.25, 0.3) is 0 Å². The van der Waals surface area contributed by atoms with Crippen LogP contribution in [0.1, 0.15) is 31.4 Å². The van der Waals surface area contributed by atoms with E-state index in [4.69, 9.17) is 4.74 Å². The summed E-state index contributed by atoms with van der Waals surface area (Å²) in [5.41, 5.74) is 1.07. The van der Waals surface area contributed by atoms with Crippen LogP contribution in [0.3, 0.4) is 0 Å². The van der Waals surface area contributed by atoms with Gasteiger partial charge in [0.05, 0.1) is 29.4 Å². The van der Waals surface area contributed by atoms with Crippen LogP contribution >= 0.6 is 11.8 Å². The van der Waals surface area contributed by atoms with Gasteiger partial charge >= 0.3 is 0 Å². The summed E-state index contributed by atoms with van der Waals surface area (Å²) in [6.07, 6.45) is 2.09. The highest BCUT2D eigenvalue weighted by molar-refractivity contribution is 8.00. The van der Waals surface area contributed by atoms with Gasteiger partial charge in [0.2, 0.25) is 21.1 Å². The van der Waals surface area contributed by atoms with Gasteiger partial charge in [0, 0.05) is 18.8 Å². The maximum absolute atomic E-state index is 13.0. The number of rotatable bonds is 7. The predicted molar refractivity (Wildman–Crippen MR) is 111 cm³/mol. The normalized spacial score (nSPS) is 18.9. The van der Waals surface area contributed by atoms with Crippen molar-refractivity contribution in [2.24, 2.45) is 0 Å². The van der Waals surface area contributed by atoms with Crippen molar-refractivity contribution in [1.29, 1.82) is 0 Å². The first-order valence-electron chi connectivity index (χ1n) is 9.80. The zero-order valence-corrected chi connectivity index (χ0v) is 18.4. The summed E-state index contributed by atoms with van der Waals surface area (Å²) in [4.78, 5) is 12.9. The Morgan fingerprint density at radius 2 is 2.03 bits per heavy atom. The Morgan fingerprint density at radius 1 is 1.30 bits per heavy atom. The van der Waals surface area contributed by atoms with E-state index in [9.17, 15) is 13.2 Å². The highest BCUT2D eigenvalue weighted by Crippen LogP contribution is 2.37. The number of hydrogen-bond donors (Lipinski definition) is 1. The molecular formula is C18H24N6O4S2. The van der Waals surface area contributed by atoms with Gasteiger partial charge in [-0.2, -0.15) is 4.31 Å². The SMILES string of the molecule is Cc1ccc(NC(=O)[C@H](C)Sc2nnnn2C2CC2)cc1S(=O)(=O)N1CCOCC1. The van der Waals surface area contributed by atoms with Crippen LogP contribution in [0.15, 0.2) is 28.3 Å². The number of hydrogen-bond acceptors (Lipinski definition) is 8. The molecule has 0 spiro atoms. The molecule has 1 atom stereocenters. The van der Waals surface area contributed by atoms with Crippen LogP contribution in [-0.2, 0) is 19.6 Å². The fraction of sp³-hybridized carbons (Fsp3) is 0.556. The first-order valence-corrected chi connectivity index (χ1v) is 12.1. The average Bonchev–Trinajstić information content (AvgIpc) is 3.48. The third-order valence-electron chi connectivity index (χ3n) is 5.05. The largest absolute Gasteiger partial charge is 0.379 e. The average molecular weight is 453 g/mol. The third-order valence-corrected chi connectivity index (χ3v) is 8.14. The molecule has 2 aliphatic rings. The second kappa shape index (κ2) is 8.61. The Bertz CT molecular complexity index is 1030. The lowest BCUT2D eigenvalue weighted by Gasteiger charge is -2.27. The molecule has 2 heterocycles. The van der Waals surface area contributed by atoms with Gasteiger partial charge < -0.3 is 10.1 Å². The predicted octanol–water partition coefficient (Wildman–Crippen LogP) is 1.46. The molecular weight excluding hydrogens is 428 g/mol. The van der Waals surface area contributed by atoms with E-state index in [-0.39, 0.29) is 10.8 Å². The Balaban J connectivity index is 1.47. The first kappa shape index (κ1) is 21.2. The molecule has 0 radical (unpaired) electrons. The number of nitrogens with zero attached hydrogens (tertiary/aromatic N) is 5. The van der Waals surface area contributed by atoms with Gasteiger partial charge in [-0.3, -0.25) is 4.79 Å². The van der Waals surface area contributed by atoms with E-state index in [2.05, 4.69) is 20.8 Å². The van der Waals surface area contributed by atoms with Crippen molar-refractivity contribution in [3.05, 3.63) is 23.8 Å². The minimum atomic E-state index is -3.65. The lowest BCUT2D eigenvalue weighted by Crippen LogP contribution is -2.40. The second-order valence-electron chi connectivity index (χ2n) is 7.38. The fourth-order valence-electron chi connectivity index (χ4n) is 3.15. The van der Waals surface area contributed by atoms with Gasteiger partial charge in [-0.25, -0.2) is 13.1 Å². The van der Waals surface area contributed by atoms with Crippen molar-refractivity contribution in [1.82, 2.24) is 24.5 Å². The van der Waals surface area contributed by atoms with Gasteiger partial charge in [-0.05, 0) is 54.8 Å². The van der Waals surface area contributed by atoms with E-state index in [0.717, 1.165) is 12.8 Å². The molecule has 4 rings (SSSR count). The third kappa shape index (κ3) is 4.51. The number of anilines is 1. The lowest BCUT2D eigenvalue weighted by molar-refractivity contribution is -0.115. The van der Waals surface area contributed by atoms with Crippen LogP contribution in [-0.4, -0.2) is 70.4 Å². The molecule has 2 aromatic rings. The van der Waals surface area contributed by atoms with Crippen molar-refractivity contribution in [3.8, 4) is 0 Å². The first-order chi connectivity index (χ1) is 14.4. The second-order valence-corrected chi connectivity index (χ2v) is 10.6. The summed E-state index contributed by atoms with van der Waals surface area (Å²) in [6, 6.07) is 5.25. The summed E-state index contributed by atoms with van der Waals surface area (Å²) >= 11 is 1.28. The number of nitrogens with one attached hydrogen (secondary N) is 1. The number of carbonyl (C=O) groups excluding carboxylic acids is 1. The number of aryl methyl sites for hydroxylation is 1. The van der Waals surface area contributed by atoms with Gasteiger partial charge in [-0.15, -0.1) is 5.10 Å². The van der Waals surface area contributed by atoms with E-state index >= 15 is 0 Å². The molecule has 0 unspecified atom stereocenters. The zero-order chi connectivity index (χ0) is 21.3. The van der Waals surface area contributed by atoms with Crippen LogP contribution in [0.2, 0.25) is 0 Å². The molecule has 2 fully saturated rings. The van der Waals surface area contributed by atoms with E-state index in [1.54, 1.807) is 30.7 Å². The van der Waals surface area contributed by atoms with Gasteiger partial charge in [0.15, 0.2) is 0 Å². The molecule has 1 aliphatic carbocycles. The van der Waals surface area contributed by atoms with Gasteiger partial charge in [0.1, 0.15) is 0 Å². The molecule has 1 aromatic heterocycles. The Kier molecular flexibility index (Phi) is 6.09. The summed E-state index contributed by atoms with van der Waals surface area (Å²) < 4.78 is 34.5. The number of carbonyl (C=O) groups is 1. The molecule has 1 saturated carbocycles. The summed E-state index contributed by atoms with van der Waals surface area (Å²) in [5.74, 6) is -0.246. The molecule has 12 heteroatoms. The van der Waals surface area contributed by atoms with Gasteiger partial charge in [-0.1, -0.05) is 17.8 Å². The minimum absolute atomic E-state index is 0.195. The Morgan fingerprint density at radius 3 is 2.73 bits per heavy atom. The maximum atomic E-state index is 13.0. The van der Waals surface area contributed by atoms with Crippen molar-refractivity contribution >= 4 is 33.4 Å². The molecule has 10 nitrogen and oxygen atoms in total. The Labute approximate surface area is 179 Å². The quantitative estimate of drug-likeness (QED) is 0.627. The highest BCUT2D eigenvalue weighted by atomic mass is 32.2. The number of thioether (sulfide) groups is 1. The van der Waals surface area contributed by atoms with Crippen molar-refractivity contribution in [2.75, 3.05) is 31.6 Å². The number of sulfonamides is 1. The van der Waals surface area contributed by atoms with Crippen LogP contribution in [0.4, 0.5) is 5.69 Å². The van der Waals surface area contributed by atoms with Gasteiger partial charge in [0.25, 0.3) is 0 Å². The van der Waals surface area contributed by atoms with Crippen molar-refractivity contribution in [2.45, 2.75) is 48.0 Å². The fourth-order valence-corrected chi connectivity index (χ4v) is 5.67. The summed E-state index contributed by atoms with van der Waals surface area (Å²) in [7, 11) is -3.65. The molecule has 1 N–H and O–H groups in total. The molecule has 30 heavy (non-hydrogen) atoms. The maximum Gasteiger partial charge on any atom is 0.243 e. The number of ether oxygens (including phenoxy) is 1. The molecule has 1 aromatic carbocycles. The summed E-state index contributed by atoms with van der Waals surface area (Å²) in [6.45, 7) is 4.91. The molecule has 1 amide bonds. The van der Waals surface area contributed by atoms with Crippen LogP contribution in [0, 0.1) is 6.92 Å². The summed E-state index contributed by atoms with van der Waals surface area (Å²) in [5, 5.41) is 14.7. The molecule has 1 aliphatic heterocycles. The van der Waals surface area contributed by atoms with Crippen molar-refractivity contribution in [3.63, 3.8) is 0 Å². The number of benzene rings is 1. The minimum Gasteiger partial charge on any atom is -0.379 e. The number of morpholine rings is 1. The number of aromatic nitrogens is 4.